The summed E-state index contributed by atoms with van der Waals surface area (Å²) in [5.74, 6) is 0.809. The Morgan fingerprint density at radius 2 is 1.93 bits per heavy atom. The minimum atomic E-state index is -0.00478. The molecule has 0 aliphatic heterocycles. The summed E-state index contributed by atoms with van der Waals surface area (Å²) in [6.07, 6.45) is 0.241. The van der Waals surface area contributed by atoms with E-state index in [1.165, 1.54) is 11.3 Å². The molecular formula is C22H17NO3S. The standard InChI is InChI=1S/C22H17NO3S/c1-26-16-6-4-5-15(13-16)20(25)12-14-9-10-19(24)17(11-14)22-23-18-7-2-3-8-21(18)27-22/h2-11,13,24H,12H2,1H3. The quantitative estimate of drug-likeness (QED) is 0.493. The summed E-state index contributed by atoms with van der Waals surface area (Å²) in [6.45, 7) is 0. The summed E-state index contributed by atoms with van der Waals surface area (Å²) in [5.41, 5.74) is 2.97. The topological polar surface area (TPSA) is 59.4 Å². The van der Waals surface area contributed by atoms with Gasteiger partial charge >= 0.3 is 0 Å². The number of phenols is 1. The molecule has 0 saturated heterocycles. The van der Waals surface area contributed by atoms with E-state index in [1.807, 2.05) is 36.4 Å². The number of ether oxygens (including phenoxy) is 1. The van der Waals surface area contributed by atoms with Crippen molar-refractivity contribution in [1.29, 1.82) is 0 Å². The summed E-state index contributed by atoms with van der Waals surface area (Å²) in [4.78, 5) is 17.2. The average Bonchev–Trinajstić information content (AvgIpc) is 3.13. The van der Waals surface area contributed by atoms with Crippen LogP contribution in [-0.2, 0) is 6.42 Å². The van der Waals surface area contributed by atoms with Crippen molar-refractivity contribution in [3.63, 3.8) is 0 Å². The molecule has 0 radical (unpaired) electrons. The van der Waals surface area contributed by atoms with Crippen molar-refractivity contribution in [1.82, 2.24) is 4.98 Å². The van der Waals surface area contributed by atoms with Crippen molar-refractivity contribution in [3.8, 4) is 22.1 Å². The van der Waals surface area contributed by atoms with Crippen molar-refractivity contribution < 1.29 is 14.6 Å². The Morgan fingerprint density at radius 3 is 2.74 bits per heavy atom. The van der Waals surface area contributed by atoms with Gasteiger partial charge < -0.3 is 9.84 Å². The van der Waals surface area contributed by atoms with Crippen molar-refractivity contribution >= 4 is 27.3 Å². The summed E-state index contributed by atoms with van der Waals surface area (Å²) < 4.78 is 6.24. The van der Waals surface area contributed by atoms with Gasteiger partial charge in [0.2, 0.25) is 0 Å². The predicted molar refractivity (Wildman–Crippen MR) is 108 cm³/mol. The lowest BCUT2D eigenvalue weighted by atomic mass is 10.0. The molecule has 4 nitrogen and oxygen atoms in total. The monoisotopic (exact) mass is 375 g/mol. The Morgan fingerprint density at radius 1 is 1.07 bits per heavy atom. The Balaban J connectivity index is 1.64. The van der Waals surface area contributed by atoms with Crippen LogP contribution in [0.25, 0.3) is 20.8 Å². The second kappa shape index (κ2) is 7.21. The van der Waals surface area contributed by atoms with Crippen LogP contribution >= 0.6 is 11.3 Å². The fourth-order valence-electron chi connectivity index (χ4n) is 2.94. The number of methoxy groups -OCH3 is 1. The van der Waals surface area contributed by atoms with Crippen LogP contribution in [0.5, 0.6) is 11.5 Å². The highest BCUT2D eigenvalue weighted by molar-refractivity contribution is 7.21. The van der Waals surface area contributed by atoms with E-state index in [-0.39, 0.29) is 18.0 Å². The zero-order valence-electron chi connectivity index (χ0n) is 14.7. The second-order valence-electron chi connectivity index (χ2n) is 6.17. The second-order valence-corrected chi connectivity index (χ2v) is 7.20. The SMILES string of the molecule is COc1cccc(C(=O)Cc2ccc(O)c(-c3nc4ccccc4s3)c2)c1. The zero-order chi connectivity index (χ0) is 18.8. The number of aromatic hydroxyl groups is 1. The van der Waals surface area contributed by atoms with Crippen LogP contribution in [0.2, 0.25) is 0 Å². The number of aromatic nitrogens is 1. The van der Waals surface area contributed by atoms with Gasteiger partial charge in [-0.3, -0.25) is 4.79 Å². The summed E-state index contributed by atoms with van der Waals surface area (Å²) in [5, 5.41) is 11.0. The summed E-state index contributed by atoms with van der Waals surface area (Å²) in [7, 11) is 1.58. The molecular weight excluding hydrogens is 358 g/mol. The molecule has 27 heavy (non-hydrogen) atoms. The van der Waals surface area contributed by atoms with E-state index in [2.05, 4.69) is 4.98 Å². The van der Waals surface area contributed by atoms with E-state index in [1.54, 1.807) is 37.4 Å². The number of fused-ring (bicyclic) bond motifs is 1. The molecule has 0 unspecified atom stereocenters. The lowest BCUT2D eigenvalue weighted by Gasteiger charge is -2.07. The van der Waals surface area contributed by atoms with Crippen LogP contribution in [0.1, 0.15) is 15.9 Å². The fourth-order valence-corrected chi connectivity index (χ4v) is 3.93. The number of Topliss-reactive ketones (excluding diaryl/α,β-unsaturated/α-hetero) is 1. The molecule has 0 bridgehead atoms. The number of carbonyl (C=O) groups excluding carboxylic acids is 1. The molecule has 5 heteroatoms. The molecule has 0 amide bonds. The molecule has 4 rings (SSSR count). The number of benzene rings is 3. The molecule has 1 aromatic heterocycles. The number of para-hydroxylation sites is 1. The maximum Gasteiger partial charge on any atom is 0.167 e. The van der Waals surface area contributed by atoms with Gasteiger partial charge in [-0.25, -0.2) is 4.98 Å². The molecule has 3 aromatic carbocycles. The minimum Gasteiger partial charge on any atom is -0.507 e. The number of hydrogen-bond acceptors (Lipinski definition) is 5. The molecule has 0 aliphatic rings. The molecule has 0 fully saturated rings. The first kappa shape index (κ1) is 17.2. The summed E-state index contributed by atoms with van der Waals surface area (Å²) in [6, 6.07) is 20.2. The smallest absolute Gasteiger partial charge is 0.167 e. The van der Waals surface area contributed by atoms with Crippen LogP contribution in [-0.4, -0.2) is 23.0 Å². The van der Waals surface area contributed by atoms with Crippen LogP contribution in [0.4, 0.5) is 0 Å². The molecule has 0 spiro atoms. The number of hydrogen-bond donors (Lipinski definition) is 1. The van der Waals surface area contributed by atoms with E-state index in [0.29, 0.717) is 16.9 Å². The lowest BCUT2D eigenvalue weighted by Crippen LogP contribution is -2.04. The molecule has 1 N–H and O–H groups in total. The van der Waals surface area contributed by atoms with Gasteiger partial charge in [-0.15, -0.1) is 11.3 Å². The van der Waals surface area contributed by atoms with Gasteiger partial charge in [0, 0.05) is 12.0 Å². The largest absolute Gasteiger partial charge is 0.507 e. The van der Waals surface area contributed by atoms with E-state index in [0.717, 1.165) is 20.8 Å². The van der Waals surface area contributed by atoms with Crippen LogP contribution in [0.15, 0.2) is 66.7 Å². The molecule has 0 aliphatic carbocycles. The third-order valence-electron chi connectivity index (χ3n) is 4.34. The Bertz CT molecular complexity index is 1100. The number of ketones is 1. The number of phenolic OH excluding ortho intramolecular Hbond substituents is 1. The van der Waals surface area contributed by atoms with Crippen molar-refractivity contribution in [2.75, 3.05) is 7.11 Å². The maximum atomic E-state index is 12.6. The Kier molecular flexibility index (Phi) is 4.60. The molecule has 1 heterocycles. The van der Waals surface area contributed by atoms with Gasteiger partial charge in [0.25, 0.3) is 0 Å². The minimum absolute atomic E-state index is 0.00478. The molecule has 4 aromatic rings. The van der Waals surface area contributed by atoms with Crippen LogP contribution in [0.3, 0.4) is 0 Å². The van der Waals surface area contributed by atoms with Crippen LogP contribution < -0.4 is 4.74 Å². The fraction of sp³-hybridized carbons (Fsp3) is 0.0909. The van der Waals surface area contributed by atoms with Crippen molar-refractivity contribution in [3.05, 3.63) is 77.9 Å². The first-order chi connectivity index (χ1) is 13.1. The van der Waals surface area contributed by atoms with Crippen molar-refractivity contribution in [2.24, 2.45) is 0 Å². The highest BCUT2D eigenvalue weighted by Gasteiger charge is 2.14. The van der Waals surface area contributed by atoms with Gasteiger partial charge in [0.15, 0.2) is 5.78 Å². The first-order valence-electron chi connectivity index (χ1n) is 8.49. The predicted octanol–water partition coefficient (Wildman–Crippen LogP) is 5.10. The number of nitrogens with zero attached hydrogens (tertiary/aromatic N) is 1. The third-order valence-corrected chi connectivity index (χ3v) is 5.41. The number of carbonyl (C=O) groups is 1. The van der Waals surface area contributed by atoms with Gasteiger partial charge in [0.1, 0.15) is 16.5 Å². The molecule has 0 atom stereocenters. The number of thiazole rings is 1. The van der Waals surface area contributed by atoms with Gasteiger partial charge in [-0.1, -0.05) is 30.3 Å². The van der Waals surface area contributed by atoms with E-state index < -0.39 is 0 Å². The highest BCUT2D eigenvalue weighted by Crippen LogP contribution is 2.36. The van der Waals surface area contributed by atoms with Crippen LogP contribution in [0, 0.1) is 0 Å². The van der Waals surface area contributed by atoms with E-state index >= 15 is 0 Å². The van der Waals surface area contributed by atoms with Gasteiger partial charge in [0.05, 0.1) is 22.9 Å². The van der Waals surface area contributed by atoms with E-state index in [9.17, 15) is 9.90 Å². The van der Waals surface area contributed by atoms with Gasteiger partial charge in [-0.05, 0) is 42.0 Å². The third kappa shape index (κ3) is 3.55. The van der Waals surface area contributed by atoms with Crippen molar-refractivity contribution in [2.45, 2.75) is 6.42 Å². The van der Waals surface area contributed by atoms with E-state index in [4.69, 9.17) is 4.74 Å². The number of rotatable bonds is 5. The zero-order valence-corrected chi connectivity index (χ0v) is 15.5. The molecule has 0 saturated carbocycles. The normalized spacial score (nSPS) is 10.9. The molecule has 134 valence electrons. The average molecular weight is 375 g/mol. The van der Waals surface area contributed by atoms with Gasteiger partial charge in [-0.2, -0.15) is 0 Å². The Labute approximate surface area is 160 Å². The summed E-state index contributed by atoms with van der Waals surface area (Å²) >= 11 is 1.52. The highest BCUT2D eigenvalue weighted by atomic mass is 32.1. The Hall–Kier alpha value is -3.18. The first-order valence-corrected chi connectivity index (χ1v) is 9.31. The maximum absolute atomic E-state index is 12.6. The lowest BCUT2D eigenvalue weighted by molar-refractivity contribution is 0.0992.